The first kappa shape index (κ1) is 27.0. The summed E-state index contributed by atoms with van der Waals surface area (Å²) >= 11 is 7.13. The lowest BCUT2D eigenvalue weighted by atomic mass is 9.77. The lowest BCUT2D eigenvalue weighted by molar-refractivity contribution is 0.0683. The van der Waals surface area contributed by atoms with Gasteiger partial charge in [0.15, 0.2) is 0 Å². The van der Waals surface area contributed by atoms with Crippen molar-refractivity contribution < 1.29 is 4.79 Å². The Bertz CT molecular complexity index is 1850. The average molecular weight is 677 g/mol. The van der Waals surface area contributed by atoms with Gasteiger partial charge >= 0.3 is 0 Å². The molecule has 2 aliphatic rings. The van der Waals surface area contributed by atoms with Crippen LogP contribution in [0.5, 0.6) is 0 Å². The van der Waals surface area contributed by atoms with Gasteiger partial charge in [0.05, 0.1) is 28.5 Å². The molecular formula is C36H27Br2N3O. The molecule has 1 aliphatic carbocycles. The zero-order valence-corrected chi connectivity index (χ0v) is 25.9. The topological polar surface area (TPSA) is 45.6 Å². The van der Waals surface area contributed by atoms with Gasteiger partial charge < -0.3 is 0 Å². The van der Waals surface area contributed by atoms with E-state index in [1.165, 1.54) is 5.57 Å². The summed E-state index contributed by atoms with van der Waals surface area (Å²) in [6, 6.07) is 36.3. The van der Waals surface area contributed by atoms with Crippen LogP contribution in [0.2, 0.25) is 0 Å². The fourth-order valence-corrected chi connectivity index (χ4v) is 6.68. The molecule has 2 atom stereocenters. The number of halogens is 2. The van der Waals surface area contributed by atoms with E-state index in [1.54, 1.807) is 5.01 Å². The second kappa shape index (κ2) is 11.4. The third kappa shape index (κ3) is 5.14. The zero-order chi connectivity index (χ0) is 28.6. The first-order valence-corrected chi connectivity index (χ1v) is 15.7. The molecule has 206 valence electrons. The number of hydrogen-bond donors (Lipinski definition) is 0. The molecule has 0 bridgehead atoms. The van der Waals surface area contributed by atoms with Gasteiger partial charge in [-0.1, -0.05) is 105 Å². The Labute approximate surface area is 262 Å². The number of aromatic nitrogens is 1. The van der Waals surface area contributed by atoms with Crippen LogP contribution in [0.1, 0.15) is 46.8 Å². The van der Waals surface area contributed by atoms with Gasteiger partial charge in [0.2, 0.25) is 0 Å². The van der Waals surface area contributed by atoms with Crippen molar-refractivity contribution in [2.45, 2.75) is 25.3 Å². The number of pyridine rings is 1. The van der Waals surface area contributed by atoms with E-state index in [2.05, 4.69) is 74.3 Å². The van der Waals surface area contributed by atoms with E-state index in [0.717, 1.165) is 67.2 Å². The molecule has 0 saturated heterocycles. The number of carbonyl (C=O) groups excluding carboxylic acids is 1. The minimum atomic E-state index is -0.193. The Kier molecular flexibility index (Phi) is 7.34. The number of amides is 1. The number of nitrogens with zero attached hydrogens (tertiary/aromatic N) is 3. The van der Waals surface area contributed by atoms with E-state index >= 15 is 0 Å². The van der Waals surface area contributed by atoms with E-state index in [9.17, 15) is 4.79 Å². The smallest absolute Gasteiger partial charge is 0.267 e. The SMILES string of the molecule is O=C(c1cc(-c2ccccc2)nc2ccccc12)N1N=C2/C(=C\c3ccc(Br)cc3)CCC[C@H]2[C@H]1c1ccc(Br)cc1. The molecule has 0 radical (unpaired) electrons. The summed E-state index contributed by atoms with van der Waals surface area (Å²) in [5.41, 5.74) is 7.60. The Morgan fingerprint density at radius 2 is 1.52 bits per heavy atom. The third-order valence-electron chi connectivity index (χ3n) is 8.15. The minimum absolute atomic E-state index is 0.108. The summed E-state index contributed by atoms with van der Waals surface area (Å²) < 4.78 is 2.06. The van der Waals surface area contributed by atoms with E-state index < -0.39 is 0 Å². The fraction of sp³-hybridized carbons (Fsp3) is 0.139. The fourth-order valence-electron chi connectivity index (χ4n) is 6.15. The molecule has 1 fully saturated rings. The molecule has 1 amide bonds. The van der Waals surface area contributed by atoms with Crippen LogP contribution in [0.4, 0.5) is 0 Å². The van der Waals surface area contributed by atoms with E-state index in [0.29, 0.717) is 5.56 Å². The summed E-state index contributed by atoms with van der Waals surface area (Å²) in [5.74, 6) is 0.0101. The summed E-state index contributed by atoms with van der Waals surface area (Å²) in [4.78, 5) is 19.6. The summed E-state index contributed by atoms with van der Waals surface area (Å²) in [6.45, 7) is 0. The quantitative estimate of drug-likeness (QED) is 0.190. The van der Waals surface area contributed by atoms with Crippen LogP contribution in [0.25, 0.3) is 28.2 Å². The Morgan fingerprint density at radius 1 is 0.833 bits per heavy atom. The molecule has 42 heavy (non-hydrogen) atoms. The lowest BCUT2D eigenvalue weighted by Gasteiger charge is -2.30. The van der Waals surface area contributed by atoms with Gasteiger partial charge in [0.1, 0.15) is 0 Å². The molecule has 7 rings (SSSR count). The first-order chi connectivity index (χ1) is 20.5. The molecule has 5 aromatic rings. The third-order valence-corrected chi connectivity index (χ3v) is 9.21. The van der Waals surface area contributed by atoms with Crippen LogP contribution < -0.4 is 0 Å². The van der Waals surface area contributed by atoms with Gasteiger partial charge in [-0.05, 0) is 78.4 Å². The summed E-state index contributed by atoms with van der Waals surface area (Å²) in [7, 11) is 0. The van der Waals surface area contributed by atoms with E-state index in [1.807, 2.05) is 72.8 Å². The van der Waals surface area contributed by atoms with Crippen LogP contribution in [-0.4, -0.2) is 21.6 Å². The van der Waals surface area contributed by atoms with Gasteiger partial charge in [-0.15, -0.1) is 0 Å². The predicted octanol–water partition coefficient (Wildman–Crippen LogP) is 9.86. The highest BCUT2D eigenvalue weighted by Crippen LogP contribution is 2.45. The highest BCUT2D eigenvalue weighted by atomic mass is 79.9. The molecule has 0 unspecified atom stereocenters. The molecule has 6 heteroatoms. The molecule has 4 aromatic carbocycles. The van der Waals surface area contributed by atoms with Crippen LogP contribution in [0, 0.1) is 5.92 Å². The van der Waals surface area contributed by atoms with Gasteiger partial charge in [-0.3, -0.25) is 4.79 Å². The van der Waals surface area contributed by atoms with Crippen LogP contribution in [0.15, 0.2) is 129 Å². The van der Waals surface area contributed by atoms with Crippen molar-refractivity contribution in [1.82, 2.24) is 9.99 Å². The number of carbonyl (C=O) groups is 1. The van der Waals surface area contributed by atoms with Crippen molar-refractivity contribution in [2.75, 3.05) is 0 Å². The maximum atomic E-state index is 14.7. The lowest BCUT2D eigenvalue weighted by Crippen LogP contribution is -2.32. The average Bonchev–Trinajstić information content (AvgIpc) is 3.43. The zero-order valence-electron chi connectivity index (χ0n) is 22.8. The second-order valence-corrected chi connectivity index (χ2v) is 12.6. The highest BCUT2D eigenvalue weighted by Gasteiger charge is 2.44. The molecule has 1 aromatic heterocycles. The Hall–Kier alpha value is -3.87. The van der Waals surface area contributed by atoms with Gasteiger partial charge in [-0.2, -0.15) is 5.10 Å². The molecule has 1 aliphatic heterocycles. The molecular weight excluding hydrogens is 650 g/mol. The van der Waals surface area contributed by atoms with Crippen molar-refractivity contribution in [3.63, 3.8) is 0 Å². The van der Waals surface area contributed by atoms with Crippen LogP contribution in [-0.2, 0) is 0 Å². The number of rotatable bonds is 4. The maximum Gasteiger partial charge on any atom is 0.275 e. The molecule has 0 spiro atoms. The van der Waals surface area contributed by atoms with Gasteiger partial charge in [-0.25, -0.2) is 9.99 Å². The molecule has 0 N–H and O–H groups in total. The van der Waals surface area contributed by atoms with Crippen LogP contribution >= 0.6 is 31.9 Å². The van der Waals surface area contributed by atoms with Gasteiger partial charge in [0, 0.05) is 25.8 Å². The molecule has 4 nitrogen and oxygen atoms in total. The number of para-hydroxylation sites is 1. The summed E-state index contributed by atoms with van der Waals surface area (Å²) in [6.07, 6.45) is 5.21. The molecule has 2 heterocycles. The van der Waals surface area contributed by atoms with Crippen molar-refractivity contribution >= 4 is 60.5 Å². The second-order valence-electron chi connectivity index (χ2n) is 10.8. The van der Waals surface area contributed by atoms with E-state index in [4.69, 9.17) is 10.1 Å². The first-order valence-electron chi connectivity index (χ1n) is 14.1. The number of hydrazone groups is 1. The van der Waals surface area contributed by atoms with E-state index in [-0.39, 0.29) is 17.9 Å². The van der Waals surface area contributed by atoms with Gasteiger partial charge in [0.25, 0.3) is 5.91 Å². The highest BCUT2D eigenvalue weighted by molar-refractivity contribution is 9.10. The number of fused-ring (bicyclic) bond motifs is 2. The normalized spacial score (nSPS) is 19.1. The van der Waals surface area contributed by atoms with Crippen molar-refractivity contribution in [3.05, 3.63) is 140 Å². The van der Waals surface area contributed by atoms with Crippen molar-refractivity contribution in [1.29, 1.82) is 0 Å². The number of benzene rings is 4. The van der Waals surface area contributed by atoms with Crippen molar-refractivity contribution in [3.8, 4) is 11.3 Å². The predicted molar refractivity (Wildman–Crippen MR) is 177 cm³/mol. The molecule has 1 saturated carbocycles. The number of allylic oxidation sites excluding steroid dienone is 1. The standard InChI is InChI=1S/C36H27Br2N3O/c37-27-17-13-23(14-18-27)21-26-9-6-11-30-34(26)40-41(35(30)25-15-19-28(38)20-16-25)36(42)31-22-33(24-7-2-1-3-8-24)39-32-12-5-4-10-29(31)32/h1-5,7-8,10,12-22,30,35H,6,9,11H2/b26-21-/t30-,35-/m1/s1. The Balaban J connectivity index is 1.37. The Morgan fingerprint density at radius 3 is 2.29 bits per heavy atom. The van der Waals surface area contributed by atoms with Crippen molar-refractivity contribution in [2.24, 2.45) is 11.0 Å². The summed E-state index contributed by atoms with van der Waals surface area (Å²) in [5, 5.41) is 7.74. The monoisotopic (exact) mass is 675 g/mol. The minimum Gasteiger partial charge on any atom is -0.267 e. The largest absolute Gasteiger partial charge is 0.275 e. The maximum absolute atomic E-state index is 14.7. The van der Waals surface area contributed by atoms with Crippen LogP contribution in [0.3, 0.4) is 0 Å². The number of hydrogen-bond acceptors (Lipinski definition) is 3.